The summed E-state index contributed by atoms with van der Waals surface area (Å²) in [5.74, 6) is 0.760. The maximum atomic E-state index is 12.4. The largest absolute Gasteiger partial charge is 0.455 e. The van der Waals surface area contributed by atoms with E-state index in [1.54, 1.807) is 43.4 Å². The summed E-state index contributed by atoms with van der Waals surface area (Å²) in [6.07, 6.45) is 0. The van der Waals surface area contributed by atoms with E-state index < -0.39 is 0 Å². The summed E-state index contributed by atoms with van der Waals surface area (Å²) in [5, 5.41) is 8.42. The summed E-state index contributed by atoms with van der Waals surface area (Å²) in [6, 6.07) is 23.6. The first-order valence-corrected chi connectivity index (χ1v) is 8.84. The number of para-hydroxylation sites is 4. The Morgan fingerprint density at radius 3 is 2.21 bits per heavy atom. The number of ether oxygens (including phenoxy) is 1. The normalized spacial score (nSPS) is 10.0. The van der Waals surface area contributed by atoms with Crippen LogP contribution in [-0.4, -0.2) is 25.4 Å². The van der Waals surface area contributed by atoms with Crippen LogP contribution >= 0.6 is 0 Å². The van der Waals surface area contributed by atoms with Crippen LogP contribution in [0.1, 0.15) is 10.4 Å². The fourth-order valence-corrected chi connectivity index (χ4v) is 2.61. The molecule has 3 rings (SSSR count). The van der Waals surface area contributed by atoms with Crippen LogP contribution in [0.2, 0.25) is 0 Å². The lowest BCUT2D eigenvalue weighted by Crippen LogP contribution is -2.24. The van der Waals surface area contributed by atoms with Gasteiger partial charge in [0.15, 0.2) is 5.75 Å². The molecule has 142 valence electrons. The SMILES string of the molecule is CNC(=O)c1ccccc1NCC(=O)Nc1ccccc1Oc1ccccc1. The lowest BCUT2D eigenvalue weighted by molar-refractivity contribution is -0.114. The number of anilines is 2. The molecule has 0 radical (unpaired) electrons. The summed E-state index contributed by atoms with van der Waals surface area (Å²) >= 11 is 0. The quantitative estimate of drug-likeness (QED) is 0.585. The third-order valence-corrected chi connectivity index (χ3v) is 3.97. The highest BCUT2D eigenvalue weighted by Crippen LogP contribution is 2.29. The predicted molar refractivity (Wildman–Crippen MR) is 110 cm³/mol. The van der Waals surface area contributed by atoms with Gasteiger partial charge in [-0.2, -0.15) is 0 Å². The number of amides is 2. The second-order valence-corrected chi connectivity index (χ2v) is 5.94. The first-order chi connectivity index (χ1) is 13.7. The second-order valence-electron chi connectivity index (χ2n) is 5.94. The van der Waals surface area contributed by atoms with E-state index in [1.165, 1.54) is 0 Å². The summed E-state index contributed by atoms with van der Waals surface area (Å²) in [5.41, 5.74) is 1.63. The van der Waals surface area contributed by atoms with E-state index in [4.69, 9.17) is 4.74 Å². The maximum absolute atomic E-state index is 12.4. The highest BCUT2D eigenvalue weighted by molar-refractivity contribution is 6.01. The fourth-order valence-electron chi connectivity index (χ4n) is 2.61. The minimum absolute atomic E-state index is 0.00762. The first kappa shape index (κ1) is 19.0. The van der Waals surface area contributed by atoms with Gasteiger partial charge < -0.3 is 20.7 Å². The number of rotatable bonds is 7. The third-order valence-electron chi connectivity index (χ3n) is 3.97. The number of nitrogens with one attached hydrogen (secondary N) is 3. The molecule has 0 heterocycles. The Kier molecular flexibility index (Phi) is 6.25. The Hall–Kier alpha value is -3.80. The first-order valence-electron chi connectivity index (χ1n) is 8.84. The van der Waals surface area contributed by atoms with Gasteiger partial charge in [-0.25, -0.2) is 0 Å². The number of carbonyl (C=O) groups excluding carboxylic acids is 2. The molecule has 6 heteroatoms. The van der Waals surface area contributed by atoms with Crippen molar-refractivity contribution in [1.29, 1.82) is 0 Å². The van der Waals surface area contributed by atoms with Crippen molar-refractivity contribution in [1.82, 2.24) is 5.32 Å². The van der Waals surface area contributed by atoms with Crippen molar-refractivity contribution in [2.75, 3.05) is 24.2 Å². The van der Waals surface area contributed by atoms with E-state index >= 15 is 0 Å². The van der Waals surface area contributed by atoms with Gasteiger partial charge in [0.05, 0.1) is 17.8 Å². The van der Waals surface area contributed by atoms with Crippen LogP contribution in [0, 0.1) is 0 Å². The minimum atomic E-state index is -0.254. The summed E-state index contributed by atoms with van der Waals surface area (Å²) in [7, 11) is 1.56. The van der Waals surface area contributed by atoms with Gasteiger partial charge in [0.1, 0.15) is 5.75 Å². The molecule has 0 unspecified atom stereocenters. The molecule has 28 heavy (non-hydrogen) atoms. The molecule has 0 saturated heterocycles. The molecular formula is C22H21N3O3. The van der Waals surface area contributed by atoms with Crippen LogP contribution in [0.3, 0.4) is 0 Å². The standard InChI is InChI=1S/C22H21N3O3/c1-23-22(27)17-11-5-6-12-18(17)24-15-21(26)25-19-13-7-8-14-20(19)28-16-9-3-2-4-10-16/h2-14,24H,15H2,1H3,(H,23,27)(H,25,26). The monoisotopic (exact) mass is 375 g/mol. The molecule has 2 amide bonds. The zero-order chi connectivity index (χ0) is 19.8. The lowest BCUT2D eigenvalue weighted by Gasteiger charge is -2.14. The molecule has 0 aliphatic rings. The van der Waals surface area contributed by atoms with Gasteiger partial charge in [0.2, 0.25) is 5.91 Å². The molecule has 3 aromatic rings. The number of hydrogen-bond donors (Lipinski definition) is 3. The number of benzene rings is 3. The van der Waals surface area contributed by atoms with Crippen molar-refractivity contribution in [3.63, 3.8) is 0 Å². The van der Waals surface area contributed by atoms with Crippen LogP contribution in [-0.2, 0) is 4.79 Å². The van der Waals surface area contributed by atoms with Crippen LogP contribution in [0.25, 0.3) is 0 Å². The number of carbonyl (C=O) groups is 2. The Morgan fingerprint density at radius 1 is 0.821 bits per heavy atom. The molecule has 0 atom stereocenters. The van der Waals surface area contributed by atoms with Gasteiger partial charge >= 0.3 is 0 Å². The molecule has 0 bridgehead atoms. The van der Waals surface area contributed by atoms with Crippen LogP contribution in [0.15, 0.2) is 78.9 Å². The van der Waals surface area contributed by atoms with Crippen molar-refractivity contribution >= 4 is 23.2 Å². The summed E-state index contributed by atoms with van der Waals surface area (Å²) in [6.45, 7) is 0.00762. The van der Waals surface area contributed by atoms with Crippen LogP contribution < -0.4 is 20.7 Å². The van der Waals surface area contributed by atoms with Crippen LogP contribution in [0.4, 0.5) is 11.4 Å². The van der Waals surface area contributed by atoms with Gasteiger partial charge in [-0.1, -0.05) is 42.5 Å². The Balaban J connectivity index is 1.66. The fraction of sp³-hybridized carbons (Fsp3) is 0.0909. The van der Waals surface area contributed by atoms with Crippen molar-refractivity contribution in [3.8, 4) is 11.5 Å². The van der Waals surface area contributed by atoms with Gasteiger partial charge in [-0.15, -0.1) is 0 Å². The molecule has 0 aliphatic carbocycles. The van der Waals surface area contributed by atoms with E-state index in [1.807, 2.05) is 42.5 Å². The Morgan fingerprint density at radius 2 is 1.46 bits per heavy atom. The molecule has 0 aliphatic heterocycles. The van der Waals surface area contributed by atoms with Crippen molar-refractivity contribution in [2.45, 2.75) is 0 Å². The summed E-state index contributed by atoms with van der Waals surface area (Å²) in [4.78, 5) is 24.3. The second kappa shape index (κ2) is 9.23. The molecule has 0 aromatic heterocycles. The Labute approximate surface area is 163 Å². The zero-order valence-corrected chi connectivity index (χ0v) is 15.4. The highest BCUT2D eigenvalue weighted by Gasteiger charge is 2.12. The zero-order valence-electron chi connectivity index (χ0n) is 15.4. The molecular weight excluding hydrogens is 354 g/mol. The smallest absolute Gasteiger partial charge is 0.253 e. The Bertz CT molecular complexity index is 958. The number of hydrogen-bond acceptors (Lipinski definition) is 4. The molecule has 0 spiro atoms. The average molecular weight is 375 g/mol. The third kappa shape index (κ3) is 4.88. The van der Waals surface area contributed by atoms with Crippen LogP contribution in [0.5, 0.6) is 11.5 Å². The van der Waals surface area contributed by atoms with E-state index in [9.17, 15) is 9.59 Å². The molecule has 3 N–H and O–H groups in total. The molecule has 6 nitrogen and oxygen atoms in total. The average Bonchev–Trinajstić information content (AvgIpc) is 2.74. The predicted octanol–water partition coefficient (Wildman–Crippen LogP) is 3.89. The molecule has 0 saturated carbocycles. The van der Waals surface area contributed by atoms with Gasteiger partial charge in [-0.05, 0) is 36.4 Å². The highest BCUT2D eigenvalue weighted by atomic mass is 16.5. The minimum Gasteiger partial charge on any atom is -0.455 e. The van der Waals surface area contributed by atoms with E-state index in [0.717, 1.165) is 0 Å². The van der Waals surface area contributed by atoms with E-state index in [2.05, 4.69) is 16.0 Å². The lowest BCUT2D eigenvalue weighted by atomic mass is 10.1. The van der Waals surface area contributed by atoms with Gasteiger partial charge in [0, 0.05) is 12.7 Å². The molecule has 3 aromatic carbocycles. The maximum Gasteiger partial charge on any atom is 0.253 e. The van der Waals surface area contributed by atoms with Crippen molar-refractivity contribution in [3.05, 3.63) is 84.4 Å². The van der Waals surface area contributed by atoms with E-state index in [0.29, 0.717) is 28.4 Å². The van der Waals surface area contributed by atoms with Crippen molar-refractivity contribution < 1.29 is 14.3 Å². The summed E-state index contributed by atoms with van der Waals surface area (Å²) < 4.78 is 5.85. The van der Waals surface area contributed by atoms with E-state index in [-0.39, 0.29) is 18.4 Å². The topological polar surface area (TPSA) is 79.5 Å². The van der Waals surface area contributed by atoms with Crippen molar-refractivity contribution in [2.24, 2.45) is 0 Å². The van der Waals surface area contributed by atoms with Gasteiger partial charge in [0.25, 0.3) is 5.91 Å². The molecule has 0 fully saturated rings. The van der Waals surface area contributed by atoms with Gasteiger partial charge in [-0.3, -0.25) is 9.59 Å².